The molecule has 1 aliphatic rings. The van der Waals surface area contributed by atoms with E-state index >= 15 is 0 Å². The van der Waals surface area contributed by atoms with Crippen LogP contribution in [0.1, 0.15) is 61.3 Å². The Balaban J connectivity index is 1.88. The molecule has 0 spiro atoms. The lowest BCUT2D eigenvalue weighted by atomic mass is 9.79. The molecule has 0 radical (unpaired) electrons. The van der Waals surface area contributed by atoms with E-state index in [-0.39, 0.29) is 0 Å². The molecular formula is C18H22INS. The minimum atomic E-state index is 0.338. The van der Waals surface area contributed by atoms with Crippen LogP contribution in [-0.2, 0) is 0 Å². The topological polar surface area (TPSA) is 12.0 Å². The molecule has 112 valence electrons. The van der Waals surface area contributed by atoms with Gasteiger partial charge in [0, 0.05) is 0 Å². The Morgan fingerprint density at radius 1 is 1.29 bits per heavy atom. The minimum absolute atomic E-state index is 0.338. The average molecular weight is 411 g/mol. The van der Waals surface area contributed by atoms with Gasteiger partial charge in [-0.2, -0.15) is 0 Å². The van der Waals surface area contributed by atoms with E-state index in [1.165, 1.54) is 45.3 Å². The van der Waals surface area contributed by atoms with Gasteiger partial charge in [-0.25, -0.2) is 0 Å². The summed E-state index contributed by atoms with van der Waals surface area (Å²) in [6.45, 7) is 3.29. The van der Waals surface area contributed by atoms with Crippen LogP contribution in [0.15, 0.2) is 35.7 Å². The van der Waals surface area contributed by atoms with E-state index < -0.39 is 0 Å². The van der Waals surface area contributed by atoms with Gasteiger partial charge in [-0.15, -0.1) is 11.3 Å². The molecule has 1 heterocycles. The molecule has 1 nitrogen and oxygen atoms in total. The molecule has 1 aromatic carbocycles. The van der Waals surface area contributed by atoms with Crippen LogP contribution < -0.4 is 5.32 Å². The highest BCUT2D eigenvalue weighted by Crippen LogP contribution is 2.37. The fourth-order valence-corrected chi connectivity index (χ4v) is 4.32. The molecule has 0 bridgehead atoms. The Morgan fingerprint density at radius 2 is 2.14 bits per heavy atom. The summed E-state index contributed by atoms with van der Waals surface area (Å²) in [5.41, 5.74) is 4.36. The Kier molecular flexibility index (Phi) is 5.35. The van der Waals surface area contributed by atoms with Gasteiger partial charge in [-0.05, 0) is 82.5 Å². The summed E-state index contributed by atoms with van der Waals surface area (Å²) in [4.78, 5) is 0. The van der Waals surface area contributed by atoms with Gasteiger partial charge < -0.3 is 5.32 Å². The van der Waals surface area contributed by atoms with Crippen molar-refractivity contribution in [1.29, 1.82) is 0 Å². The first kappa shape index (κ1) is 15.5. The molecule has 1 unspecified atom stereocenters. The highest BCUT2D eigenvalue weighted by atomic mass is 127. The fourth-order valence-electron chi connectivity index (χ4n) is 2.93. The van der Waals surface area contributed by atoms with Crippen molar-refractivity contribution in [3.05, 3.63) is 55.3 Å². The summed E-state index contributed by atoms with van der Waals surface area (Å²) < 4.78 is 1.36. The molecule has 0 saturated heterocycles. The van der Waals surface area contributed by atoms with Crippen molar-refractivity contribution in [3.63, 3.8) is 0 Å². The summed E-state index contributed by atoms with van der Waals surface area (Å²) >= 11 is 4.25. The second-order valence-electron chi connectivity index (χ2n) is 5.87. The lowest BCUT2D eigenvalue weighted by molar-refractivity contribution is 0.419. The van der Waals surface area contributed by atoms with Crippen LogP contribution in [0.4, 0.5) is 0 Å². The van der Waals surface area contributed by atoms with Gasteiger partial charge in [0.1, 0.15) is 0 Å². The summed E-state index contributed by atoms with van der Waals surface area (Å²) in [7, 11) is 0. The number of thiophene rings is 1. The molecule has 1 atom stereocenters. The number of nitrogens with one attached hydrogen (secondary N) is 1. The highest BCUT2D eigenvalue weighted by molar-refractivity contribution is 14.1. The van der Waals surface area contributed by atoms with Crippen molar-refractivity contribution < 1.29 is 0 Å². The van der Waals surface area contributed by atoms with Crippen LogP contribution in [0.25, 0.3) is 0 Å². The Morgan fingerprint density at radius 3 is 2.76 bits per heavy atom. The maximum absolute atomic E-state index is 3.72. The van der Waals surface area contributed by atoms with Crippen LogP contribution in [0, 0.1) is 2.88 Å². The molecule has 1 fully saturated rings. The van der Waals surface area contributed by atoms with Gasteiger partial charge in [0.05, 0.1) is 8.93 Å². The van der Waals surface area contributed by atoms with Gasteiger partial charge in [-0.1, -0.05) is 37.6 Å². The molecule has 1 aromatic heterocycles. The zero-order chi connectivity index (χ0) is 14.7. The molecule has 0 aliphatic heterocycles. The zero-order valence-electron chi connectivity index (χ0n) is 12.4. The van der Waals surface area contributed by atoms with E-state index in [4.69, 9.17) is 0 Å². The molecular weight excluding hydrogens is 389 g/mol. The lowest BCUT2D eigenvalue weighted by Crippen LogP contribution is -2.23. The Bertz CT molecular complexity index is 588. The second-order valence-corrected chi connectivity index (χ2v) is 8.67. The van der Waals surface area contributed by atoms with Gasteiger partial charge in [0.2, 0.25) is 0 Å². The van der Waals surface area contributed by atoms with Crippen LogP contribution in [0.5, 0.6) is 0 Å². The monoisotopic (exact) mass is 411 g/mol. The summed E-state index contributed by atoms with van der Waals surface area (Å²) in [6.07, 6.45) is 5.30. The third kappa shape index (κ3) is 3.69. The van der Waals surface area contributed by atoms with E-state index in [0.717, 1.165) is 12.5 Å². The second kappa shape index (κ2) is 7.25. The van der Waals surface area contributed by atoms with Crippen molar-refractivity contribution in [2.75, 3.05) is 6.54 Å². The van der Waals surface area contributed by atoms with E-state index in [0.29, 0.717) is 6.04 Å². The molecule has 3 rings (SSSR count). The van der Waals surface area contributed by atoms with Gasteiger partial charge in [0.15, 0.2) is 0 Å². The molecule has 3 heteroatoms. The first-order valence-corrected chi connectivity index (χ1v) is 9.81. The normalized spacial score (nSPS) is 16.7. The predicted octanol–water partition coefficient (Wildman–Crippen LogP) is 5.71. The summed E-state index contributed by atoms with van der Waals surface area (Å²) in [5.74, 6) is 0.805. The third-order valence-corrected chi connectivity index (χ3v) is 6.15. The van der Waals surface area contributed by atoms with Crippen molar-refractivity contribution in [3.8, 4) is 0 Å². The van der Waals surface area contributed by atoms with E-state index in [1.54, 1.807) is 0 Å². The van der Waals surface area contributed by atoms with Crippen molar-refractivity contribution >= 4 is 33.9 Å². The first-order valence-electron chi connectivity index (χ1n) is 7.85. The number of benzene rings is 1. The predicted molar refractivity (Wildman–Crippen MR) is 100 cm³/mol. The van der Waals surface area contributed by atoms with Crippen LogP contribution >= 0.6 is 33.9 Å². The lowest BCUT2D eigenvalue weighted by Gasteiger charge is -2.27. The Labute approximate surface area is 145 Å². The van der Waals surface area contributed by atoms with Crippen LogP contribution in [-0.4, -0.2) is 6.54 Å². The number of hydrogen-bond acceptors (Lipinski definition) is 2. The highest BCUT2D eigenvalue weighted by Gasteiger charge is 2.21. The van der Waals surface area contributed by atoms with Gasteiger partial charge >= 0.3 is 0 Å². The van der Waals surface area contributed by atoms with Crippen LogP contribution in [0.3, 0.4) is 0 Å². The van der Waals surface area contributed by atoms with Crippen molar-refractivity contribution in [1.82, 2.24) is 5.32 Å². The maximum atomic E-state index is 3.72. The van der Waals surface area contributed by atoms with Crippen molar-refractivity contribution in [2.24, 2.45) is 0 Å². The molecule has 1 N–H and O–H groups in total. The summed E-state index contributed by atoms with van der Waals surface area (Å²) in [5, 5.41) is 6.02. The fraction of sp³-hybridized carbons (Fsp3) is 0.444. The van der Waals surface area contributed by atoms with Crippen molar-refractivity contribution in [2.45, 2.75) is 44.6 Å². The van der Waals surface area contributed by atoms with E-state index in [1.807, 2.05) is 11.3 Å². The van der Waals surface area contributed by atoms with Gasteiger partial charge in [-0.3, -0.25) is 0 Å². The zero-order valence-corrected chi connectivity index (χ0v) is 15.4. The largest absolute Gasteiger partial charge is 0.306 e. The molecule has 2 aromatic rings. The Hall–Kier alpha value is -0.390. The smallest absolute Gasteiger partial charge is 0.0656 e. The molecule has 1 saturated carbocycles. The third-order valence-electron chi connectivity index (χ3n) is 4.34. The number of rotatable bonds is 6. The SMILES string of the molecule is CCCNC(c1cccc(C2CCC2)c1)c1csc(I)c1. The van der Waals surface area contributed by atoms with E-state index in [2.05, 4.69) is 70.5 Å². The quantitative estimate of drug-likeness (QED) is 0.601. The van der Waals surface area contributed by atoms with Crippen LogP contribution in [0.2, 0.25) is 0 Å². The number of halogens is 1. The summed E-state index contributed by atoms with van der Waals surface area (Å²) in [6, 6.07) is 11.9. The standard InChI is InChI=1S/C18H22INS/c1-2-9-20-18(16-11-17(19)21-12-16)15-8-4-7-14(10-15)13-5-3-6-13/h4,7-8,10-13,18,20H,2-3,5-6,9H2,1H3. The van der Waals surface area contributed by atoms with Gasteiger partial charge in [0.25, 0.3) is 0 Å². The average Bonchev–Trinajstić information content (AvgIpc) is 2.84. The maximum Gasteiger partial charge on any atom is 0.0656 e. The molecule has 0 amide bonds. The number of hydrogen-bond donors (Lipinski definition) is 1. The molecule has 1 aliphatic carbocycles. The molecule has 21 heavy (non-hydrogen) atoms. The van der Waals surface area contributed by atoms with E-state index in [9.17, 15) is 0 Å². The first-order chi connectivity index (χ1) is 10.3. The minimum Gasteiger partial charge on any atom is -0.306 e.